The zero-order valence-electron chi connectivity index (χ0n) is 18.3. The molecule has 0 N–H and O–H groups in total. The smallest absolute Gasteiger partial charge is 0.266 e. The summed E-state index contributed by atoms with van der Waals surface area (Å²) in [6, 6.07) is 12.0. The van der Waals surface area contributed by atoms with Crippen LogP contribution in [0.25, 0.3) is 16.6 Å². The van der Waals surface area contributed by atoms with E-state index in [1.165, 1.54) is 44.5 Å². The van der Waals surface area contributed by atoms with Gasteiger partial charge in [0, 0.05) is 0 Å². The van der Waals surface area contributed by atoms with Crippen LogP contribution >= 0.6 is 0 Å². The van der Waals surface area contributed by atoms with Gasteiger partial charge in [-0.2, -0.15) is 0 Å². The lowest BCUT2D eigenvalue weighted by Crippen LogP contribution is -2.23. The molecule has 1 saturated heterocycles. The molecule has 1 aliphatic heterocycles. The van der Waals surface area contributed by atoms with Gasteiger partial charge in [-0.1, -0.05) is 17.7 Å². The van der Waals surface area contributed by atoms with Gasteiger partial charge in [0.2, 0.25) is 0 Å². The Bertz CT molecular complexity index is 1100. The summed E-state index contributed by atoms with van der Waals surface area (Å²) >= 11 is 0. The summed E-state index contributed by atoms with van der Waals surface area (Å²) in [5.74, 6) is 1.37. The molecule has 2 aromatic carbocycles. The van der Waals surface area contributed by atoms with Gasteiger partial charge in [0.25, 0.3) is 5.56 Å². The number of unbranched alkanes of at least 4 members (excludes halogenated alkanes) is 1. The highest BCUT2D eigenvalue weighted by atomic mass is 16.5. The van der Waals surface area contributed by atoms with Crippen molar-refractivity contribution in [3.63, 3.8) is 0 Å². The Morgan fingerprint density at radius 1 is 1.03 bits per heavy atom. The van der Waals surface area contributed by atoms with Gasteiger partial charge in [0.15, 0.2) is 0 Å². The number of hydrogen-bond donors (Lipinski definition) is 0. The largest absolute Gasteiger partial charge is 0.495 e. The average molecular weight is 406 g/mol. The summed E-state index contributed by atoms with van der Waals surface area (Å²) in [6.07, 6.45) is 6.10. The van der Waals surface area contributed by atoms with E-state index >= 15 is 0 Å². The van der Waals surface area contributed by atoms with Crippen LogP contribution in [-0.4, -0.2) is 41.2 Å². The Morgan fingerprint density at radius 3 is 2.60 bits per heavy atom. The van der Waals surface area contributed by atoms with Crippen molar-refractivity contribution in [3.8, 4) is 11.4 Å². The molecule has 0 atom stereocenters. The number of likely N-dealkylation sites (tertiary alicyclic amines) is 1. The first-order chi connectivity index (χ1) is 14.6. The number of methoxy groups -OCH3 is 1. The highest BCUT2D eigenvalue weighted by Gasteiger charge is 2.15. The van der Waals surface area contributed by atoms with E-state index < -0.39 is 0 Å². The zero-order chi connectivity index (χ0) is 21.1. The number of aromatic nitrogens is 2. The van der Waals surface area contributed by atoms with Gasteiger partial charge in [0.05, 0.1) is 23.7 Å². The molecule has 0 spiro atoms. The molecule has 0 unspecified atom stereocenters. The third-order valence-electron chi connectivity index (χ3n) is 6.06. The Morgan fingerprint density at radius 2 is 1.83 bits per heavy atom. The summed E-state index contributed by atoms with van der Waals surface area (Å²) in [4.78, 5) is 20.5. The van der Waals surface area contributed by atoms with Crippen LogP contribution in [0.15, 0.2) is 41.2 Å². The van der Waals surface area contributed by atoms with Gasteiger partial charge in [-0.15, -0.1) is 0 Å². The van der Waals surface area contributed by atoms with Crippen LogP contribution in [0, 0.1) is 13.8 Å². The molecule has 0 bridgehead atoms. The number of ether oxygens (including phenoxy) is 1. The monoisotopic (exact) mass is 405 g/mol. The van der Waals surface area contributed by atoms with Gasteiger partial charge in [-0.3, -0.25) is 9.36 Å². The summed E-state index contributed by atoms with van der Waals surface area (Å²) in [5.41, 5.74) is 3.71. The van der Waals surface area contributed by atoms with Crippen molar-refractivity contribution in [1.82, 2.24) is 14.5 Å². The SMILES string of the molecule is COc1cc(CCCCN2CCCC2)ccc1-n1c(C)nc2ccc(C)cc2c1=O. The maximum Gasteiger partial charge on any atom is 0.266 e. The molecule has 0 radical (unpaired) electrons. The van der Waals surface area contributed by atoms with Gasteiger partial charge in [-0.05, 0) is 95.4 Å². The standard InChI is InChI=1S/C25H31N3O2/c1-18-9-11-22-21(16-18)25(29)28(19(2)26-22)23-12-10-20(17-24(23)30-3)8-4-5-13-27-14-6-7-15-27/h9-12,16-17H,4-8,13-15H2,1-3H3. The van der Waals surface area contributed by atoms with Crippen LogP contribution in [0.4, 0.5) is 0 Å². The molecule has 1 fully saturated rings. The minimum absolute atomic E-state index is 0.0575. The van der Waals surface area contributed by atoms with Crippen LogP contribution in [0.3, 0.4) is 0 Å². The molecule has 3 aromatic rings. The van der Waals surface area contributed by atoms with Crippen molar-refractivity contribution >= 4 is 10.9 Å². The summed E-state index contributed by atoms with van der Waals surface area (Å²) in [5, 5.41) is 0.633. The molecular formula is C25H31N3O2. The van der Waals surface area contributed by atoms with E-state index in [0.717, 1.165) is 29.6 Å². The van der Waals surface area contributed by atoms with Crippen molar-refractivity contribution < 1.29 is 4.74 Å². The number of hydrogen-bond acceptors (Lipinski definition) is 4. The third-order valence-corrected chi connectivity index (χ3v) is 6.06. The fourth-order valence-electron chi connectivity index (χ4n) is 4.43. The van der Waals surface area contributed by atoms with Crippen LogP contribution in [-0.2, 0) is 6.42 Å². The van der Waals surface area contributed by atoms with Crippen molar-refractivity contribution in [2.75, 3.05) is 26.7 Å². The minimum Gasteiger partial charge on any atom is -0.495 e. The molecule has 4 rings (SSSR count). The van der Waals surface area contributed by atoms with Crippen molar-refractivity contribution in [3.05, 3.63) is 63.7 Å². The fraction of sp³-hybridized carbons (Fsp3) is 0.440. The van der Waals surface area contributed by atoms with Gasteiger partial charge in [0.1, 0.15) is 11.6 Å². The van der Waals surface area contributed by atoms with Crippen molar-refractivity contribution in [2.45, 2.75) is 46.0 Å². The van der Waals surface area contributed by atoms with E-state index in [1.54, 1.807) is 11.7 Å². The van der Waals surface area contributed by atoms with Gasteiger partial charge in [-0.25, -0.2) is 4.98 Å². The molecule has 0 saturated carbocycles. The summed E-state index contributed by atoms with van der Waals surface area (Å²) in [7, 11) is 1.66. The number of aryl methyl sites for hydroxylation is 3. The van der Waals surface area contributed by atoms with Crippen molar-refractivity contribution in [2.24, 2.45) is 0 Å². The molecule has 158 valence electrons. The second-order valence-electron chi connectivity index (χ2n) is 8.33. The lowest BCUT2D eigenvalue weighted by atomic mass is 10.1. The topological polar surface area (TPSA) is 47.4 Å². The maximum atomic E-state index is 13.3. The first kappa shape index (κ1) is 20.6. The highest BCUT2D eigenvalue weighted by Crippen LogP contribution is 2.26. The van der Waals surface area contributed by atoms with E-state index in [1.807, 2.05) is 38.1 Å². The first-order valence-electron chi connectivity index (χ1n) is 11.0. The normalized spacial score (nSPS) is 14.5. The molecule has 2 heterocycles. The predicted octanol–water partition coefficient (Wildman–Crippen LogP) is 4.43. The van der Waals surface area contributed by atoms with E-state index in [2.05, 4.69) is 22.0 Å². The Kier molecular flexibility index (Phi) is 6.18. The van der Waals surface area contributed by atoms with Crippen LogP contribution in [0.5, 0.6) is 5.75 Å². The average Bonchev–Trinajstić information content (AvgIpc) is 3.26. The molecule has 0 aliphatic carbocycles. The van der Waals surface area contributed by atoms with E-state index in [9.17, 15) is 4.79 Å². The maximum absolute atomic E-state index is 13.3. The number of benzene rings is 2. The Balaban J connectivity index is 1.58. The molecule has 30 heavy (non-hydrogen) atoms. The molecule has 5 heteroatoms. The number of nitrogens with zero attached hydrogens (tertiary/aromatic N) is 3. The van der Waals surface area contributed by atoms with Crippen molar-refractivity contribution in [1.29, 1.82) is 0 Å². The quantitative estimate of drug-likeness (QED) is 0.546. The molecule has 5 nitrogen and oxygen atoms in total. The lowest BCUT2D eigenvalue weighted by molar-refractivity contribution is 0.330. The number of rotatable bonds is 7. The van der Waals surface area contributed by atoms with E-state index in [0.29, 0.717) is 17.0 Å². The summed E-state index contributed by atoms with van der Waals surface area (Å²) < 4.78 is 7.34. The molecule has 1 aromatic heterocycles. The zero-order valence-corrected chi connectivity index (χ0v) is 18.3. The second-order valence-corrected chi connectivity index (χ2v) is 8.33. The van der Waals surface area contributed by atoms with E-state index in [-0.39, 0.29) is 5.56 Å². The van der Waals surface area contributed by atoms with Gasteiger partial charge >= 0.3 is 0 Å². The molecule has 0 amide bonds. The first-order valence-corrected chi connectivity index (χ1v) is 11.0. The van der Waals surface area contributed by atoms with Gasteiger partial charge < -0.3 is 9.64 Å². The van der Waals surface area contributed by atoms with Crippen LogP contribution in [0.2, 0.25) is 0 Å². The van der Waals surface area contributed by atoms with E-state index in [4.69, 9.17) is 4.74 Å². The predicted molar refractivity (Wildman–Crippen MR) is 122 cm³/mol. The number of fused-ring (bicyclic) bond motifs is 1. The minimum atomic E-state index is -0.0575. The van der Waals surface area contributed by atoms with Crippen LogP contribution < -0.4 is 10.3 Å². The van der Waals surface area contributed by atoms with Crippen LogP contribution in [0.1, 0.15) is 42.6 Å². The second kappa shape index (κ2) is 9.00. The fourth-order valence-corrected chi connectivity index (χ4v) is 4.43. The Hall–Kier alpha value is -2.66. The molecule has 1 aliphatic rings. The Labute approximate surface area is 178 Å². The highest BCUT2D eigenvalue weighted by molar-refractivity contribution is 5.79. The molecular weight excluding hydrogens is 374 g/mol. The summed E-state index contributed by atoms with van der Waals surface area (Å²) in [6.45, 7) is 7.58. The lowest BCUT2D eigenvalue weighted by Gasteiger charge is -2.16. The third kappa shape index (κ3) is 4.26.